The lowest BCUT2D eigenvalue weighted by Crippen LogP contribution is -2.22. The fourth-order valence-corrected chi connectivity index (χ4v) is 2.74. The monoisotopic (exact) mass is 292 g/mol. The van der Waals surface area contributed by atoms with Crippen molar-refractivity contribution in [1.29, 1.82) is 0 Å². The lowest BCUT2D eigenvalue weighted by atomic mass is 10.1. The van der Waals surface area contributed by atoms with Crippen molar-refractivity contribution in [2.45, 2.75) is 25.7 Å². The van der Waals surface area contributed by atoms with Crippen LogP contribution in [0.1, 0.15) is 36.8 Å². The van der Waals surface area contributed by atoms with E-state index in [1.165, 1.54) is 5.56 Å². The van der Waals surface area contributed by atoms with Crippen LogP contribution in [0, 0.1) is 5.92 Å². The van der Waals surface area contributed by atoms with E-state index in [1.807, 2.05) is 55.5 Å². The van der Waals surface area contributed by atoms with Crippen molar-refractivity contribution in [2.24, 2.45) is 11.0 Å². The predicted octanol–water partition coefficient (Wildman–Crippen LogP) is 3.72. The fourth-order valence-electron chi connectivity index (χ4n) is 2.74. The molecule has 0 saturated heterocycles. The molecule has 2 aromatic rings. The van der Waals surface area contributed by atoms with E-state index in [9.17, 15) is 4.79 Å². The second kappa shape index (κ2) is 6.56. The minimum Gasteiger partial charge on any atom is -0.273 e. The SMILES string of the molecule is CCC(=NNC(=O)[C@@H]1C[C@@H]1c1ccccc1)c1ccccc1. The Morgan fingerprint density at radius 1 is 1.09 bits per heavy atom. The van der Waals surface area contributed by atoms with Crippen LogP contribution in [-0.4, -0.2) is 11.6 Å². The Bertz CT molecular complexity index is 664. The molecule has 2 atom stereocenters. The summed E-state index contributed by atoms with van der Waals surface area (Å²) in [4.78, 5) is 12.2. The highest BCUT2D eigenvalue weighted by Gasteiger charge is 2.43. The Hall–Kier alpha value is -2.42. The van der Waals surface area contributed by atoms with Crippen LogP contribution in [-0.2, 0) is 4.79 Å². The molecule has 3 nitrogen and oxygen atoms in total. The Morgan fingerprint density at radius 3 is 2.36 bits per heavy atom. The molecule has 1 fully saturated rings. The summed E-state index contributed by atoms with van der Waals surface area (Å²) in [6.07, 6.45) is 1.70. The summed E-state index contributed by atoms with van der Waals surface area (Å²) in [5.74, 6) is 0.425. The summed E-state index contributed by atoms with van der Waals surface area (Å²) in [5.41, 5.74) is 5.95. The standard InChI is InChI=1S/C19H20N2O/c1-2-18(15-11-7-4-8-12-15)20-21-19(22)17-13-16(17)14-9-5-3-6-10-14/h3-12,16-17H,2,13H2,1H3,(H,21,22)/t16-,17-/m1/s1. The van der Waals surface area contributed by atoms with Gasteiger partial charge in [0, 0.05) is 5.92 Å². The number of hydrazone groups is 1. The summed E-state index contributed by atoms with van der Waals surface area (Å²) in [6.45, 7) is 2.04. The number of hydrogen-bond donors (Lipinski definition) is 1. The molecule has 22 heavy (non-hydrogen) atoms. The van der Waals surface area contributed by atoms with Gasteiger partial charge < -0.3 is 0 Å². The number of benzene rings is 2. The highest BCUT2D eigenvalue weighted by atomic mass is 16.2. The lowest BCUT2D eigenvalue weighted by molar-refractivity contribution is -0.122. The predicted molar refractivity (Wildman–Crippen MR) is 88.7 cm³/mol. The number of nitrogens with one attached hydrogen (secondary N) is 1. The van der Waals surface area contributed by atoms with Crippen molar-refractivity contribution in [3.63, 3.8) is 0 Å². The van der Waals surface area contributed by atoms with Gasteiger partial charge in [0.1, 0.15) is 0 Å². The first-order valence-electron chi connectivity index (χ1n) is 7.76. The smallest absolute Gasteiger partial charge is 0.243 e. The van der Waals surface area contributed by atoms with Crippen molar-refractivity contribution in [3.8, 4) is 0 Å². The summed E-state index contributed by atoms with van der Waals surface area (Å²) >= 11 is 0. The Labute approximate surface area is 131 Å². The largest absolute Gasteiger partial charge is 0.273 e. The zero-order valence-electron chi connectivity index (χ0n) is 12.7. The van der Waals surface area contributed by atoms with Gasteiger partial charge in [-0.15, -0.1) is 0 Å². The lowest BCUT2D eigenvalue weighted by Gasteiger charge is -2.05. The van der Waals surface area contributed by atoms with Crippen molar-refractivity contribution in [2.75, 3.05) is 0 Å². The van der Waals surface area contributed by atoms with Gasteiger partial charge in [-0.3, -0.25) is 4.79 Å². The maximum Gasteiger partial charge on any atom is 0.243 e. The van der Waals surface area contributed by atoms with Crippen LogP contribution < -0.4 is 5.43 Å². The van der Waals surface area contributed by atoms with Crippen LogP contribution in [0.3, 0.4) is 0 Å². The van der Waals surface area contributed by atoms with E-state index in [0.29, 0.717) is 5.92 Å². The molecule has 0 spiro atoms. The number of amides is 1. The molecular formula is C19H20N2O. The Balaban J connectivity index is 1.62. The molecule has 0 aliphatic heterocycles. The molecule has 0 radical (unpaired) electrons. The van der Waals surface area contributed by atoms with Gasteiger partial charge in [-0.05, 0) is 29.9 Å². The van der Waals surface area contributed by atoms with Crippen molar-refractivity contribution in [1.82, 2.24) is 5.43 Å². The second-order valence-electron chi connectivity index (χ2n) is 5.61. The molecule has 2 aromatic carbocycles. The fraction of sp³-hybridized carbons (Fsp3) is 0.263. The number of carbonyl (C=O) groups is 1. The van der Waals surface area contributed by atoms with Gasteiger partial charge >= 0.3 is 0 Å². The first-order valence-corrected chi connectivity index (χ1v) is 7.76. The maximum absolute atomic E-state index is 12.2. The van der Waals surface area contributed by atoms with Crippen LogP contribution >= 0.6 is 0 Å². The first kappa shape index (κ1) is 14.5. The molecule has 1 aliphatic rings. The van der Waals surface area contributed by atoms with E-state index in [1.54, 1.807) is 0 Å². The molecular weight excluding hydrogens is 272 g/mol. The molecule has 0 unspecified atom stereocenters. The molecule has 0 bridgehead atoms. The molecule has 3 rings (SSSR count). The molecule has 3 heteroatoms. The van der Waals surface area contributed by atoms with Crippen molar-refractivity contribution in [3.05, 3.63) is 71.8 Å². The third-order valence-corrected chi connectivity index (χ3v) is 4.10. The average molecular weight is 292 g/mol. The molecule has 112 valence electrons. The number of hydrogen-bond acceptors (Lipinski definition) is 2. The Morgan fingerprint density at radius 2 is 1.73 bits per heavy atom. The van der Waals surface area contributed by atoms with Crippen molar-refractivity contribution >= 4 is 11.6 Å². The van der Waals surface area contributed by atoms with Gasteiger partial charge in [0.15, 0.2) is 0 Å². The van der Waals surface area contributed by atoms with E-state index >= 15 is 0 Å². The van der Waals surface area contributed by atoms with Gasteiger partial charge in [0.25, 0.3) is 0 Å². The Kier molecular flexibility index (Phi) is 4.33. The minimum atomic E-state index is 0.0238. The van der Waals surface area contributed by atoms with E-state index in [2.05, 4.69) is 22.7 Å². The van der Waals surface area contributed by atoms with Gasteiger partial charge in [0.2, 0.25) is 5.91 Å². The molecule has 0 aromatic heterocycles. The zero-order valence-corrected chi connectivity index (χ0v) is 12.7. The number of carbonyl (C=O) groups excluding carboxylic acids is 1. The van der Waals surface area contributed by atoms with Gasteiger partial charge in [0.05, 0.1) is 5.71 Å². The first-order chi connectivity index (χ1) is 10.8. The van der Waals surface area contributed by atoms with Crippen LogP contribution in [0.15, 0.2) is 65.8 Å². The molecule has 0 heterocycles. The van der Waals surface area contributed by atoms with Crippen LogP contribution in [0.25, 0.3) is 0 Å². The average Bonchev–Trinajstić information content (AvgIpc) is 3.38. The third kappa shape index (κ3) is 3.25. The van der Waals surface area contributed by atoms with E-state index in [-0.39, 0.29) is 11.8 Å². The maximum atomic E-state index is 12.2. The minimum absolute atomic E-state index is 0.0238. The summed E-state index contributed by atoms with van der Waals surface area (Å²) in [7, 11) is 0. The van der Waals surface area contributed by atoms with E-state index < -0.39 is 0 Å². The number of rotatable bonds is 5. The topological polar surface area (TPSA) is 41.5 Å². The summed E-state index contributed by atoms with van der Waals surface area (Å²) in [6, 6.07) is 20.2. The third-order valence-electron chi connectivity index (χ3n) is 4.10. The molecule has 1 amide bonds. The second-order valence-corrected chi connectivity index (χ2v) is 5.61. The van der Waals surface area contributed by atoms with Gasteiger partial charge in [-0.1, -0.05) is 67.6 Å². The summed E-state index contributed by atoms with van der Waals surface area (Å²) < 4.78 is 0. The normalized spacial score (nSPS) is 20.5. The highest BCUT2D eigenvalue weighted by molar-refractivity contribution is 6.01. The van der Waals surface area contributed by atoms with Crippen LogP contribution in [0.2, 0.25) is 0 Å². The van der Waals surface area contributed by atoms with Gasteiger partial charge in [-0.25, -0.2) is 5.43 Å². The quantitative estimate of drug-likeness (QED) is 0.662. The van der Waals surface area contributed by atoms with Crippen LogP contribution in [0.4, 0.5) is 0 Å². The molecule has 1 N–H and O–H groups in total. The van der Waals surface area contributed by atoms with Crippen LogP contribution in [0.5, 0.6) is 0 Å². The van der Waals surface area contributed by atoms with E-state index in [0.717, 1.165) is 24.1 Å². The highest BCUT2D eigenvalue weighted by Crippen LogP contribution is 2.47. The zero-order chi connectivity index (χ0) is 15.4. The summed E-state index contributed by atoms with van der Waals surface area (Å²) in [5, 5.41) is 4.32. The molecule has 1 saturated carbocycles. The van der Waals surface area contributed by atoms with Crippen molar-refractivity contribution < 1.29 is 4.79 Å². The number of nitrogens with zero attached hydrogens (tertiary/aromatic N) is 1. The van der Waals surface area contributed by atoms with E-state index in [4.69, 9.17) is 0 Å². The molecule has 1 aliphatic carbocycles. The van der Waals surface area contributed by atoms with Gasteiger partial charge in [-0.2, -0.15) is 5.10 Å².